The molecule has 0 spiro atoms. The van der Waals surface area contributed by atoms with E-state index in [4.69, 9.17) is 23.8 Å². The second kappa shape index (κ2) is 22.2. The first-order valence-electron chi connectivity index (χ1n) is 23.7. The fourth-order valence-electron chi connectivity index (χ4n) is 12.6. The predicted octanol–water partition coefficient (Wildman–Crippen LogP) is 10.1. The van der Waals surface area contributed by atoms with Crippen LogP contribution in [0.4, 0.5) is 0 Å². The molecule has 0 bridgehead atoms. The lowest BCUT2D eigenvalue weighted by Crippen LogP contribution is -2.51. The Morgan fingerprint density at radius 3 is 2.46 bits per heavy atom. The molecule has 3 saturated carbocycles. The number of carbonyl (C=O) groups is 2. The monoisotopic (exact) mass is 843 g/mol. The van der Waals surface area contributed by atoms with Gasteiger partial charge in [0.15, 0.2) is 0 Å². The van der Waals surface area contributed by atoms with Crippen LogP contribution in [0.5, 0.6) is 0 Å². The lowest BCUT2D eigenvalue weighted by Gasteiger charge is -2.58. The van der Waals surface area contributed by atoms with Crippen LogP contribution in [-0.4, -0.2) is 91.7 Å². The minimum absolute atomic E-state index is 0.0386. The van der Waals surface area contributed by atoms with Crippen molar-refractivity contribution >= 4 is 20.3 Å². The fourth-order valence-corrected chi connectivity index (χ4v) is 14.3. The molecule has 1 aliphatic heterocycles. The van der Waals surface area contributed by atoms with Crippen LogP contribution in [-0.2, 0) is 28.1 Å². The molecule has 1 heterocycles. The maximum absolute atomic E-state index is 13.3. The lowest BCUT2D eigenvalue weighted by molar-refractivity contribution is -0.137. The van der Waals surface area contributed by atoms with Crippen LogP contribution in [0.15, 0.2) is 11.6 Å². The molecule has 0 aromatic heterocycles. The van der Waals surface area contributed by atoms with Gasteiger partial charge >= 0.3 is 0 Å². The molecule has 4 fully saturated rings. The van der Waals surface area contributed by atoms with Crippen molar-refractivity contribution in [2.75, 3.05) is 46.1 Å². The van der Waals surface area contributed by atoms with Gasteiger partial charge in [-0.15, -0.1) is 0 Å². The highest BCUT2D eigenvalue weighted by Crippen LogP contribution is 2.67. The van der Waals surface area contributed by atoms with Crippen LogP contribution in [0.25, 0.3) is 0 Å². The summed E-state index contributed by atoms with van der Waals surface area (Å²) in [5.41, 5.74) is 2.36. The summed E-state index contributed by atoms with van der Waals surface area (Å²) in [4.78, 5) is 28.0. The molecule has 1 N–H and O–H groups in total. The molecule has 11 atom stereocenters. The third-order valence-corrected chi connectivity index (χ3v) is 17.6. The Labute approximate surface area is 360 Å². The first-order valence-corrected chi connectivity index (χ1v) is 24.9. The molecule has 0 aromatic carbocycles. The van der Waals surface area contributed by atoms with Crippen molar-refractivity contribution < 1.29 is 28.1 Å². The molecule has 5 rings (SSSR count). The number of ether oxygens (including phenoxy) is 2. The number of rotatable bonds is 22. The summed E-state index contributed by atoms with van der Waals surface area (Å²) in [5, 5.41) is 12.0. The molecule has 2 amide bonds. The number of fused-ring (bicyclic) bond motifs is 5. The van der Waals surface area contributed by atoms with E-state index in [2.05, 4.69) is 91.4 Å². The normalized spacial score (nSPS) is 32.8. The van der Waals surface area contributed by atoms with E-state index in [9.17, 15) is 9.59 Å². The fraction of sp³-hybridized carbons (Fsp3) is 0.896. The van der Waals surface area contributed by atoms with Gasteiger partial charge in [0.2, 0.25) is 11.8 Å². The number of hydrogen-bond donors (Lipinski definition) is 1. The molecule has 11 heteroatoms. The summed E-state index contributed by atoms with van der Waals surface area (Å²) < 4.78 is 26.7. The van der Waals surface area contributed by atoms with E-state index in [0.29, 0.717) is 44.1 Å². The van der Waals surface area contributed by atoms with Gasteiger partial charge in [0.25, 0.3) is 8.53 Å². The Hall–Kier alpha value is -1.60. The zero-order valence-electron chi connectivity index (χ0n) is 38.8. The third kappa shape index (κ3) is 12.1. The standard InChI is InChI=1S/C48H83N4O6P/c1-33(2)13-11-14-37(8)42-17-18-43-41-16-15-38-28-40(19-21-47(38,9)44(41)20-22-48(42,43)10)56-31-45(53)50-24-26-55-32-46(54)51-29-36(7)27-39(51)30-58-59(57-25-12-23-49)52(34(3)4)35(5)6/h15,33-37,39-44H,11-14,16-22,24-32H2,1-10H3,(H,50,53)/t36-,37?,39+,40+,41?,42?,43?,44?,47+,48-,59?/m1/s1. The molecule has 6 unspecified atom stereocenters. The predicted molar refractivity (Wildman–Crippen MR) is 237 cm³/mol. The lowest BCUT2D eigenvalue weighted by atomic mass is 9.47. The van der Waals surface area contributed by atoms with Gasteiger partial charge in [0.05, 0.1) is 44.5 Å². The smallest absolute Gasteiger partial charge is 0.259 e. The zero-order chi connectivity index (χ0) is 42.9. The molecule has 1 saturated heterocycles. The number of nitrogens with one attached hydrogen (secondary N) is 1. The van der Waals surface area contributed by atoms with Gasteiger partial charge in [-0.3, -0.25) is 9.59 Å². The van der Waals surface area contributed by atoms with Crippen molar-refractivity contribution in [3.8, 4) is 6.07 Å². The summed E-state index contributed by atoms with van der Waals surface area (Å²) in [6.45, 7) is 25.1. The highest BCUT2D eigenvalue weighted by atomic mass is 31.2. The number of nitriles is 1. The SMILES string of the molecule is CC(C)CCCC(C)C1CCC2C3CC=C4C[C@@H](OCC(=O)NCCOCC(=O)N5C[C@H](C)C[C@H]5COP(OCCC#N)N(C(C)C)C(C)C)CC[C@]4(C)C3CC[C@]12C. The summed E-state index contributed by atoms with van der Waals surface area (Å²) >= 11 is 0. The molecule has 59 heavy (non-hydrogen) atoms. The molecule has 5 aliphatic rings. The van der Waals surface area contributed by atoms with Gasteiger partial charge in [-0.2, -0.15) is 5.26 Å². The largest absolute Gasteiger partial charge is 0.370 e. The van der Waals surface area contributed by atoms with Gasteiger partial charge in [-0.05, 0) is 138 Å². The first kappa shape index (κ1) is 48.4. The molecule has 0 aromatic rings. The number of amides is 2. The number of carbonyl (C=O) groups excluding carboxylic acids is 2. The minimum atomic E-state index is -1.37. The average molecular weight is 843 g/mol. The van der Waals surface area contributed by atoms with E-state index in [1.165, 1.54) is 51.4 Å². The Kier molecular flexibility index (Phi) is 18.2. The van der Waals surface area contributed by atoms with Gasteiger partial charge in [-0.1, -0.05) is 72.5 Å². The maximum Gasteiger partial charge on any atom is 0.259 e. The van der Waals surface area contributed by atoms with Crippen LogP contribution in [0.1, 0.15) is 153 Å². The Bertz CT molecular complexity index is 1430. The highest BCUT2D eigenvalue weighted by Gasteiger charge is 2.59. The Morgan fingerprint density at radius 1 is 0.983 bits per heavy atom. The third-order valence-electron chi connectivity index (χ3n) is 15.5. The summed E-state index contributed by atoms with van der Waals surface area (Å²) in [7, 11) is -1.37. The molecular weight excluding hydrogens is 760 g/mol. The second-order valence-electron chi connectivity index (χ2n) is 20.8. The summed E-state index contributed by atoms with van der Waals surface area (Å²) in [5.74, 6) is 5.14. The van der Waals surface area contributed by atoms with Crippen LogP contribution < -0.4 is 5.32 Å². The molecule has 0 radical (unpaired) electrons. The number of nitrogens with zero attached hydrogens (tertiary/aromatic N) is 3. The zero-order valence-corrected chi connectivity index (χ0v) is 39.7. The van der Waals surface area contributed by atoms with Gasteiger partial charge < -0.3 is 28.7 Å². The summed E-state index contributed by atoms with van der Waals surface area (Å²) in [6.07, 6.45) is 17.9. The van der Waals surface area contributed by atoms with E-state index in [-0.39, 0.29) is 61.3 Å². The van der Waals surface area contributed by atoms with Crippen LogP contribution in [0.3, 0.4) is 0 Å². The minimum Gasteiger partial charge on any atom is -0.370 e. The van der Waals surface area contributed by atoms with E-state index in [0.717, 1.165) is 61.2 Å². The van der Waals surface area contributed by atoms with Crippen molar-refractivity contribution in [1.82, 2.24) is 14.9 Å². The Balaban J connectivity index is 1.01. The molecule has 336 valence electrons. The van der Waals surface area contributed by atoms with E-state index < -0.39 is 8.53 Å². The second-order valence-corrected chi connectivity index (χ2v) is 22.2. The molecule has 4 aliphatic carbocycles. The van der Waals surface area contributed by atoms with Crippen molar-refractivity contribution in [2.45, 2.75) is 177 Å². The van der Waals surface area contributed by atoms with E-state index in [1.54, 1.807) is 5.57 Å². The van der Waals surface area contributed by atoms with E-state index >= 15 is 0 Å². The van der Waals surface area contributed by atoms with Gasteiger partial charge in [0.1, 0.15) is 13.2 Å². The van der Waals surface area contributed by atoms with Gasteiger partial charge in [-0.25, -0.2) is 4.67 Å². The van der Waals surface area contributed by atoms with E-state index in [1.807, 2.05) is 4.90 Å². The van der Waals surface area contributed by atoms with Crippen LogP contribution in [0, 0.1) is 63.6 Å². The van der Waals surface area contributed by atoms with Crippen molar-refractivity contribution in [1.29, 1.82) is 5.26 Å². The van der Waals surface area contributed by atoms with Crippen molar-refractivity contribution in [2.24, 2.45) is 52.3 Å². The van der Waals surface area contributed by atoms with Crippen LogP contribution >= 0.6 is 8.53 Å². The van der Waals surface area contributed by atoms with Crippen molar-refractivity contribution in [3.63, 3.8) is 0 Å². The average Bonchev–Trinajstić information content (AvgIpc) is 3.74. The Morgan fingerprint density at radius 2 is 1.75 bits per heavy atom. The van der Waals surface area contributed by atoms with Crippen LogP contribution in [0.2, 0.25) is 0 Å². The molecular formula is C48H83N4O6P. The number of allylic oxidation sites excluding steroid dienone is 1. The highest BCUT2D eigenvalue weighted by molar-refractivity contribution is 7.44. The quantitative estimate of drug-likeness (QED) is 0.0651. The number of likely N-dealkylation sites (tertiary alicyclic amines) is 1. The first-order chi connectivity index (χ1) is 28.1. The maximum atomic E-state index is 13.3. The van der Waals surface area contributed by atoms with Gasteiger partial charge in [0, 0.05) is 25.2 Å². The molecule has 10 nitrogen and oxygen atoms in total. The topological polar surface area (TPSA) is 113 Å². The van der Waals surface area contributed by atoms with Crippen molar-refractivity contribution in [3.05, 3.63) is 11.6 Å². The summed E-state index contributed by atoms with van der Waals surface area (Å²) in [6, 6.07) is 2.50. The number of hydrogen-bond acceptors (Lipinski definition) is 8.